The molecule has 0 radical (unpaired) electrons. The smallest absolute Gasteiger partial charge is 0.294 e. The molecule has 1 aliphatic heterocycles. The van der Waals surface area contributed by atoms with Crippen LogP contribution in [-0.4, -0.2) is 18.0 Å². The highest BCUT2D eigenvalue weighted by Gasteiger charge is 2.26. The highest BCUT2D eigenvalue weighted by Crippen LogP contribution is 2.38. The van der Waals surface area contributed by atoms with E-state index in [4.69, 9.17) is 11.6 Å². The van der Waals surface area contributed by atoms with Crippen molar-refractivity contribution in [3.05, 3.63) is 33.1 Å². The van der Waals surface area contributed by atoms with Gasteiger partial charge in [0, 0.05) is 19.2 Å². The van der Waals surface area contributed by atoms with Crippen LogP contribution in [0.3, 0.4) is 0 Å². The summed E-state index contributed by atoms with van der Waals surface area (Å²) in [5, 5.41) is 10.7. The van der Waals surface area contributed by atoms with Crippen molar-refractivity contribution in [3.8, 4) is 0 Å². The first kappa shape index (κ1) is 11.1. The first-order valence-electron chi connectivity index (χ1n) is 4.98. The molecule has 0 atom stereocenters. The van der Waals surface area contributed by atoms with Gasteiger partial charge in [-0.3, -0.25) is 10.1 Å². The molecule has 0 spiro atoms. The van der Waals surface area contributed by atoms with Gasteiger partial charge in [-0.05, 0) is 18.9 Å². The van der Waals surface area contributed by atoms with Crippen LogP contribution in [-0.2, 0) is 0 Å². The molecule has 0 unspecified atom stereocenters. The van der Waals surface area contributed by atoms with Gasteiger partial charge >= 0.3 is 0 Å². The minimum atomic E-state index is -0.617. The van der Waals surface area contributed by atoms with E-state index in [2.05, 4.69) is 0 Å². The maximum absolute atomic E-state index is 13.3. The zero-order chi connectivity index (χ0) is 11.7. The Morgan fingerprint density at radius 2 is 2.00 bits per heavy atom. The van der Waals surface area contributed by atoms with Gasteiger partial charge in [0.1, 0.15) is 16.5 Å². The van der Waals surface area contributed by atoms with Crippen LogP contribution in [0.15, 0.2) is 12.1 Å². The number of hydrogen-bond donors (Lipinski definition) is 0. The first-order valence-corrected chi connectivity index (χ1v) is 5.36. The molecule has 1 aromatic carbocycles. The van der Waals surface area contributed by atoms with Gasteiger partial charge < -0.3 is 4.90 Å². The zero-order valence-corrected chi connectivity index (χ0v) is 9.21. The van der Waals surface area contributed by atoms with Gasteiger partial charge in [0.25, 0.3) is 5.69 Å². The van der Waals surface area contributed by atoms with Crippen molar-refractivity contribution in [1.29, 1.82) is 0 Å². The van der Waals surface area contributed by atoms with Crippen molar-refractivity contribution >= 4 is 23.0 Å². The van der Waals surface area contributed by atoms with E-state index in [1.54, 1.807) is 4.90 Å². The van der Waals surface area contributed by atoms with E-state index in [0.717, 1.165) is 25.0 Å². The second-order valence-electron chi connectivity index (χ2n) is 3.68. The van der Waals surface area contributed by atoms with E-state index < -0.39 is 10.7 Å². The fraction of sp³-hybridized carbons (Fsp3) is 0.400. The molecule has 1 heterocycles. The van der Waals surface area contributed by atoms with Crippen LogP contribution in [0.2, 0.25) is 5.02 Å². The van der Waals surface area contributed by atoms with Crippen molar-refractivity contribution in [2.75, 3.05) is 18.0 Å². The van der Waals surface area contributed by atoms with Crippen LogP contribution in [0.25, 0.3) is 0 Å². The summed E-state index contributed by atoms with van der Waals surface area (Å²) in [6, 6.07) is 2.19. The molecular formula is C10H10ClFN2O2. The number of hydrogen-bond acceptors (Lipinski definition) is 3. The average Bonchev–Trinajstić information content (AvgIpc) is 2.74. The molecule has 0 bridgehead atoms. The summed E-state index contributed by atoms with van der Waals surface area (Å²) in [5.74, 6) is -0.617. The fourth-order valence-corrected chi connectivity index (χ4v) is 2.20. The third kappa shape index (κ3) is 1.82. The number of nitro benzene ring substituents is 1. The van der Waals surface area contributed by atoms with Gasteiger partial charge in [0.15, 0.2) is 0 Å². The molecule has 1 fully saturated rings. The van der Waals surface area contributed by atoms with Crippen molar-refractivity contribution in [1.82, 2.24) is 0 Å². The van der Waals surface area contributed by atoms with Gasteiger partial charge in [-0.15, -0.1) is 0 Å². The molecular weight excluding hydrogens is 235 g/mol. The van der Waals surface area contributed by atoms with Gasteiger partial charge in [-0.2, -0.15) is 0 Å². The molecule has 0 saturated carbocycles. The third-order valence-electron chi connectivity index (χ3n) is 2.67. The lowest BCUT2D eigenvalue weighted by Crippen LogP contribution is -2.19. The van der Waals surface area contributed by atoms with E-state index in [-0.39, 0.29) is 16.4 Å². The number of rotatable bonds is 2. The minimum Gasteiger partial charge on any atom is -0.365 e. The molecule has 0 N–H and O–H groups in total. The molecule has 86 valence electrons. The van der Waals surface area contributed by atoms with Crippen LogP contribution in [0.4, 0.5) is 15.8 Å². The lowest BCUT2D eigenvalue weighted by Gasteiger charge is -2.18. The van der Waals surface area contributed by atoms with Crippen molar-refractivity contribution in [2.24, 2.45) is 0 Å². The van der Waals surface area contributed by atoms with Gasteiger partial charge in [-0.1, -0.05) is 11.6 Å². The Morgan fingerprint density at radius 1 is 1.38 bits per heavy atom. The quantitative estimate of drug-likeness (QED) is 0.594. The van der Waals surface area contributed by atoms with Crippen molar-refractivity contribution in [3.63, 3.8) is 0 Å². The number of nitro groups is 1. The molecule has 6 heteroatoms. The van der Waals surface area contributed by atoms with E-state index in [0.29, 0.717) is 13.1 Å². The normalized spacial score (nSPS) is 15.5. The van der Waals surface area contributed by atoms with Crippen LogP contribution in [0.1, 0.15) is 12.8 Å². The predicted octanol–water partition coefficient (Wildman–Crippen LogP) is 2.99. The molecule has 1 aliphatic rings. The number of nitrogens with zero attached hydrogens (tertiary/aromatic N) is 2. The van der Waals surface area contributed by atoms with Gasteiger partial charge in [-0.25, -0.2) is 4.39 Å². The maximum atomic E-state index is 13.3. The Kier molecular flexibility index (Phi) is 2.96. The predicted molar refractivity (Wildman–Crippen MR) is 59.5 cm³/mol. The topological polar surface area (TPSA) is 46.4 Å². The number of anilines is 1. The van der Waals surface area contributed by atoms with Gasteiger partial charge in [0.05, 0.1) is 4.92 Å². The Morgan fingerprint density at radius 3 is 2.56 bits per heavy atom. The standard InChI is InChI=1S/C10H10ClFN2O2/c11-9-7(12)3-4-8(14(15)16)10(9)13-5-1-2-6-13/h3-4H,1-2,5-6H2. The van der Waals surface area contributed by atoms with E-state index in [1.165, 1.54) is 0 Å². The maximum Gasteiger partial charge on any atom is 0.294 e. The summed E-state index contributed by atoms with van der Waals surface area (Å²) >= 11 is 5.80. The van der Waals surface area contributed by atoms with Crippen LogP contribution in [0, 0.1) is 15.9 Å². The van der Waals surface area contributed by atoms with Crippen molar-refractivity contribution < 1.29 is 9.31 Å². The van der Waals surface area contributed by atoms with Crippen LogP contribution < -0.4 is 4.90 Å². The SMILES string of the molecule is O=[N+]([O-])c1ccc(F)c(Cl)c1N1CCCC1. The number of halogens is 2. The fourth-order valence-electron chi connectivity index (χ4n) is 1.92. The van der Waals surface area contributed by atoms with Crippen LogP contribution >= 0.6 is 11.6 Å². The second-order valence-corrected chi connectivity index (χ2v) is 4.06. The van der Waals surface area contributed by atoms with Gasteiger partial charge in [0.2, 0.25) is 0 Å². The Hall–Kier alpha value is -1.36. The lowest BCUT2D eigenvalue weighted by molar-refractivity contribution is -0.384. The summed E-state index contributed by atoms with van der Waals surface area (Å²) in [6.45, 7) is 1.37. The monoisotopic (exact) mass is 244 g/mol. The molecule has 0 amide bonds. The molecule has 4 nitrogen and oxygen atoms in total. The third-order valence-corrected chi connectivity index (χ3v) is 3.03. The van der Waals surface area contributed by atoms with E-state index >= 15 is 0 Å². The van der Waals surface area contributed by atoms with Crippen molar-refractivity contribution in [2.45, 2.75) is 12.8 Å². The highest BCUT2D eigenvalue weighted by atomic mass is 35.5. The van der Waals surface area contributed by atoms with E-state index in [9.17, 15) is 14.5 Å². The summed E-state index contributed by atoms with van der Waals surface area (Å²) < 4.78 is 13.3. The summed E-state index contributed by atoms with van der Waals surface area (Å²) in [7, 11) is 0. The first-order chi connectivity index (χ1) is 7.61. The molecule has 1 aromatic rings. The Labute approximate surface area is 96.8 Å². The highest BCUT2D eigenvalue weighted by molar-refractivity contribution is 6.34. The Bertz CT molecular complexity index is 433. The largest absolute Gasteiger partial charge is 0.365 e. The zero-order valence-electron chi connectivity index (χ0n) is 8.45. The lowest BCUT2D eigenvalue weighted by atomic mass is 10.2. The molecule has 2 rings (SSSR count). The number of benzene rings is 1. The Balaban J connectivity index is 2.53. The summed E-state index contributed by atoms with van der Waals surface area (Å²) in [6.07, 6.45) is 1.90. The van der Waals surface area contributed by atoms with E-state index in [1.807, 2.05) is 0 Å². The minimum absolute atomic E-state index is 0.131. The molecule has 0 aromatic heterocycles. The summed E-state index contributed by atoms with van der Waals surface area (Å²) in [4.78, 5) is 12.1. The van der Waals surface area contributed by atoms with Crippen LogP contribution in [0.5, 0.6) is 0 Å². The second kappa shape index (κ2) is 4.25. The molecule has 0 aliphatic carbocycles. The molecule has 1 saturated heterocycles. The summed E-state index contributed by atoms with van der Waals surface area (Å²) in [5.41, 5.74) is 0.0810. The molecule has 16 heavy (non-hydrogen) atoms. The average molecular weight is 245 g/mol.